The fourth-order valence-corrected chi connectivity index (χ4v) is 2.12. The molecule has 1 aromatic rings. The minimum atomic E-state index is -0.674. The van der Waals surface area contributed by atoms with Gasteiger partial charge in [0.25, 0.3) is 0 Å². The van der Waals surface area contributed by atoms with Crippen LogP contribution in [0.2, 0.25) is 0 Å². The van der Waals surface area contributed by atoms with Gasteiger partial charge < -0.3 is 10.6 Å². The van der Waals surface area contributed by atoms with Crippen LogP contribution in [0.5, 0.6) is 0 Å². The van der Waals surface area contributed by atoms with Gasteiger partial charge in [-0.15, -0.1) is 12.4 Å². The topological polar surface area (TPSA) is 41.1 Å². The monoisotopic (exact) mass is 290 g/mol. The summed E-state index contributed by atoms with van der Waals surface area (Å²) in [4.78, 5) is 11.7. The lowest BCUT2D eigenvalue weighted by atomic mass is 10.1. The molecular weight excluding hydrogens is 274 g/mol. The second kappa shape index (κ2) is 7.40. The summed E-state index contributed by atoms with van der Waals surface area (Å²) in [5, 5.41) is 5.95. The van der Waals surface area contributed by atoms with Crippen LogP contribution in [0, 0.1) is 11.6 Å². The van der Waals surface area contributed by atoms with Crippen molar-refractivity contribution in [3.63, 3.8) is 0 Å². The van der Waals surface area contributed by atoms with E-state index in [4.69, 9.17) is 0 Å². The largest absolute Gasteiger partial charge is 0.352 e. The van der Waals surface area contributed by atoms with Gasteiger partial charge >= 0.3 is 0 Å². The van der Waals surface area contributed by atoms with Crippen molar-refractivity contribution in [2.45, 2.75) is 25.3 Å². The minimum absolute atomic E-state index is 0. The maximum absolute atomic E-state index is 13.4. The van der Waals surface area contributed by atoms with Crippen molar-refractivity contribution in [3.05, 3.63) is 35.4 Å². The lowest BCUT2D eigenvalue weighted by Crippen LogP contribution is -2.46. The molecule has 1 aliphatic rings. The first-order chi connectivity index (χ1) is 8.66. The van der Waals surface area contributed by atoms with Crippen LogP contribution in [0.3, 0.4) is 0 Å². The highest BCUT2D eigenvalue weighted by molar-refractivity contribution is 5.85. The first-order valence-corrected chi connectivity index (χ1v) is 6.10. The Hall–Kier alpha value is -1.20. The molecule has 0 spiro atoms. The Morgan fingerprint density at radius 1 is 1.37 bits per heavy atom. The van der Waals surface area contributed by atoms with Gasteiger partial charge in [0.15, 0.2) is 0 Å². The molecule has 0 radical (unpaired) electrons. The molecule has 1 amide bonds. The van der Waals surface area contributed by atoms with E-state index >= 15 is 0 Å². The highest BCUT2D eigenvalue weighted by atomic mass is 35.5. The average molecular weight is 291 g/mol. The normalized spacial score (nSPS) is 18.5. The van der Waals surface area contributed by atoms with E-state index in [9.17, 15) is 13.6 Å². The molecule has 0 aliphatic carbocycles. The predicted molar refractivity (Wildman–Crippen MR) is 71.3 cm³/mol. The summed E-state index contributed by atoms with van der Waals surface area (Å²) < 4.78 is 26.7. The molecule has 106 valence electrons. The van der Waals surface area contributed by atoms with E-state index in [2.05, 4.69) is 10.6 Å². The van der Waals surface area contributed by atoms with Crippen molar-refractivity contribution < 1.29 is 13.6 Å². The fraction of sp³-hybridized carbons (Fsp3) is 0.462. The number of carbonyl (C=O) groups is 1. The van der Waals surface area contributed by atoms with Crippen LogP contribution in [0.1, 0.15) is 18.4 Å². The number of hydrogen-bond donors (Lipinski definition) is 2. The second-order valence-corrected chi connectivity index (χ2v) is 4.49. The molecule has 0 aromatic heterocycles. The average Bonchev–Trinajstić information content (AvgIpc) is 2.35. The number of hydrogen-bond acceptors (Lipinski definition) is 2. The Bertz CT molecular complexity index is 416. The van der Waals surface area contributed by atoms with Crippen LogP contribution in [-0.4, -0.2) is 25.0 Å². The molecule has 1 aromatic carbocycles. The van der Waals surface area contributed by atoms with Crippen LogP contribution in [0.4, 0.5) is 8.78 Å². The maximum Gasteiger partial charge on any atom is 0.224 e. The summed E-state index contributed by atoms with van der Waals surface area (Å²) in [6.07, 6.45) is 1.65. The quantitative estimate of drug-likeness (QED) is 0.891. The van der Waals surface area contributed by atoms with Crippen LogP contribution in [0.25, 0.3) is 0 Å². The van der Waals surface area contributed by atoms with Gasteiger partial charge in [0.1, 0.15) is 11.6 Å². The van der Waals surface area contributed by atoms with Crippen molar-refractivity contribution in [2.75, 3.05) is 13.1 Å². The first-order valence-electron chi connectivity index (χ1n) is 6.10. The number of nitrogens with one attached hydrogen (secondary N) is 2. The van der Waals surface area contributed by atoms with E-state index in [0.717, 1.165) is 31.5 Å². The van der Waals surface area contributed by atoms with E-state index in [1.807, 2.05) is 0 Å². The van der Waals surface area contributed by atoms with Gasteiger partial charge in [-0.2, -0.15) is 0 Å². The summed E-state index contributed by atoms with van der Waals surface area (Å²) in [6.45, 7) is 1.67. The van der Waals surface area contributed by atoms with Crippen molar-refractivity contribution >= 4 is 18.3 Å². The zero-order chi connectivity index (χ0) is 13.0. The summed E-state index contributed by atoms with van der Waals surface area (Å²) >= 11 is 0. The molecule has 2 rings (SSSR count). The zero-order valence-corrected chi connectivity index (χ0v) is 11.2. The molecule has 2 N–H and O–H groups in total. The molecule has 1 aliphatic heterocycles. The SMILES string of the molecule is Cl.O=C(Cc1c(F)cccc1F)N[C@H]1CCCNC1. The highest BCUT2D eigenvalue weighted by Gasteiger charge is 2.18. The number of rotatable bonds is 3. The van der Waals surface area contributed by atoms with Gasteiger partial charge in [-0.05, 0) is 31.5 Å². The van der Waals surface area contributed by atoms with Crippen molar-refractivity contribution in [1.82, 2.24) is 10.6 Å². The number of piperidine rings is 1. The number of halogens is 3. The van der Waals surface area contributed by atoms with E-state index < -0.39 is 11.6 Å². The third kappa shape index (κ3) is 4.44. The standard InChI is InChI=1S/C13H16F2N2O.ClH/c14-11-4-1-5-12(15)10(11)7-13(18)17-9-3-2-6-16-8-9;/h1,4-5,9,16H,2-3,6-8H2,(H,17,18);1H/t9-;/m0./s1. The van der Waals surface area contributed by atoms with E-state index in [0.29, 0.717) is 6.54 Å². The smallest absolute Gasteiger partial charge is 0.224 e. The number of benzene rings is 1. The van der Waals surface area contributed by atoms with E-state index in [-0.39, 0.29) is 36.3 Å². The molecule has 1 saturated heterocycles. The van der Waals surface area contributed by atoms with Crippen LogP contribution >= 0.6 is 12.4 Å². The summed E-state index contributed by atoms with van der Waals surface area (Å²) in [5.41, 5.74) is -0.168. The van der Waals surface area contributed by atoms with Gasteiger partial charge in [0.05, 0.1) is 6.42 Å². The highest BCUT2D eigenvalue weighted by Crippen LogP contribution is 2.13. The van der Waals surface area contributed by atoms with E-state index in [1.54, 1.807) is 0 Å². The Balaban J connectivity index is 0.00000180. The lowest BCUT2D eigenvalue weighted by molar-refractivity contribution is -0.121. The zero-order valence-electron chi connectivity index (χ0n) is 10.4. The van der Waals surface area contributed by atoms with Gasteiger partial charge in [-0.25, -0.2) is 8.78 Å². The Morgan fingerprint density at radius 2 is 2.05 bits per heavy atom. The molecule has 19 heavy (non-hydrogen) atoms. The molecule has 1 heterocycles. The molecule has 1 fully saturated rings. The predicted octanol–water partition coefficient (Wildman–Crippen LogP) is 1.80. The van der Waals surface area contributed by atoms with Crippen molar-refractivity contribution in [2.24, 2.45) is 0 Å². The van der Waals surface area contributed by atoms with Gasteiger partial charge in [0, 0.05) is 18.2 Å². The third-order valence-electron chi connectivity index (χ3n) is 3.06. The minimum Gasteiger partial charge on any atom is -0.352 e. The number of amides is 1. The first kappa shape index (κ1) is 15.9. The summed E-state index contributed by atoms with van der Waals surface area (Å²) in [5.74, 6) is -1.69. The van der Waals surface area contributed by atoms with Crippen LogP contribution < -0.4 is 10.6 Å². The summed E-state index contributed by atoms with van der Waals surface area (Å²) in [7, 11) is 0. The molecule has 0 saturated carbocycles. The van der Waals surface area contributed by atoms with Gasteiger partial charge in [-0.1, -0.05) is 6.07 Å². The van der Waals surface area contributed by atoms with Crippen molar-refractivity contribution in [1.29, 1.82) is 0 Å². The second-order valence-electron chi connectivity index (χ2n) is 4.49. The molecule has 0 bridgehead atoms. The van der Waals surface area contributed by atoms with Crippen LogP contribution in [0.15, 0.2) is 18.2 Å². The molecular formula is C13H17ClF2N2O. The third-order valence-corrected chi connectivity index (χ3v) is 3.06. The Morgan fingerprint density at radius 3 is 2.63 bits per heavy atom. The Labute approximate surface area is 117 Å². The maximum atomic E-state index is 13.4. The molecule has 6 heteroatoms. The summed E-state index contributed by atoms with van der Waals surface area (Å²) in [6, 6.07) is 3.67. The van der Waals surface area contributed by atoms with Gasteiger partial charge in [-0.3, -0.25) is 4.79 Å². The van der Waals surface area contributed by atoms with Gasteiger partial charge in [0.2, 0.25) is 5.91 Å². The van der Waals surface area contributed by atoms with Crippen LogP contribution in [-0.2, 0) is 11.2 Å². The van der Waals surface area contributed by atoms with Crippen molar-refractivity contribution in [3.8, 4) is 0 Å². The number of carbonyl (C=O) groups excluding carboxylic acids is 1. The molecule has 1 atom stereocenters. The van der Waals surface area contributed by atoms with E-state index in [1.165, 1.54) is 6.07 Å². The fourth-order valence-electron chi connectivity index (χ4n) is 2.12. The lowest BCUT2D eigenvalue weighted by Gasteiger charge is -2.23. The molecule has 0 unspecified atom stereocenters. The molecule has 3 nitrogen and oxygen atoms in total. The Kier molecular flexibility index (Phi) is 6.18.